The van der Waals surface area contributed by atoms with Gasteiger partial charge in [-0.1, -0.05) is 6.08 Å². The molecule has 25 heavy (non-hydrogen) atoms. The highest BCUT2D eigenvalue weighted by atomic mass is 16.6. The predicted molar refractivity (Wildman–Crippen MR) is 91.5 cm³/mol. The van der Waals surface area contributed by atoms with Crippen LogP contribution >= 0.6 is 0 Å². The number of fused-ring (bicyclic) bond motifs is 3. The van der Waals surface area contributed by atoms with Crippen molar-refractivity contribution in [1.29, 1.82) is 0 Å². The normalized spacial score (nSPS) is 22.2. The van der Waals surface area contributed by atoms with Crippen LogP contribution in [-0.2, 0) is 9.53 Å². The van der Waals surface area contributed by atoms with Gasteiger partial charge in [0.25, 0.3) is 0 Å². The van der Waals surface area contributed by atoms with E-state index < -0.39 is 29.4 Å². The van der Waals surface area contributed by atoms with Crippen molar-refractivity contribution in [3.05, 3.63) is 51.9 Å². The maximum atomic E-state index is 12.3. The van der Waals surface area contributed by atoms with Gasteiger partial charge in [0, 0.05) is 17.0 Å². The molecule has 0 radical (unpaired) electrons. The van der Waals surface area contributed by atoms with E-state index in [2.05, 4.69) is 0 Å². The number of ether oxygens (including phenoxy) is 2. The Hall–Kier alpha value is -2.60. The molecule has 0 amide bonds. The van der Waals surface area contributed by atoms with Crippen molar-refractivity contribution in [3.8, 4) is 5.75 Å². The summed E-state index contributed by atoms with van der Waals surface area (Å²) in [4.78, 5) is 24.0. The van der Waals surface area contributed by atoms with E-state index in [1.54, 1.807) is 52.0 Å². The minimum absolute atomic E-state index is 0.246. The second kappa shape index (κ2) is 6.04. The highest BCUT2D eigenvalue weighted by molar-refractivity contribution is 5.89. The molecule has 0 saturated carbocycles. The summed E-state index contributed by atoms with van der Waals surface area (Å²) >= 11 is 0. The maximum absolute atomic E-state index is 12.3. The first-order valence-corrected chi connectivity index (χ1v) is 8.02. The van der Waals surface area contributed by atoms with Crippen LogP contribution in [0.2, 0.25) is 0 Å². The van der Waals surface area contributed by atoms with Crippen LogP contribution in [0.5, 0.6) is 5.75 Å². The van der Waals surface area contributed by atoms with E-state index in [0.29, 0.717) is 22.3 Å². The molecule has 0 spiro atoms. The SMILES string of the molecule is CC=C(C)C(=O)O[C@@H]1c2c(ccc3ccc(=O)oc23)OC(C)(C)[C@H]1O. The van der Waals surface area contributed by atoms with Crippen molar-refractivity contribution in [2.75, 3.05) is 0 Å². The van der Waals surface area contributed by atoms with Crippen LogP contribution in [0.4, 0.5) is 0 Å². The Kier molecular flexibility index (Phi) is 4.16. The highest BCUT2D eigenvalue weighted by Crippen LogP contribution is 2.45. The molecule has 132 valence electrons. The van der Waals surface area contributed by atoms with Crippen molar-refractivity contribution in [1.82, 2.24) is 0 Å². The third-order valence-electron chi connectivity index (χ3n) is 4.43. The van der Waals surface area contributed by atoms with Crippen molar-refractivity contribution in [2.24, 2.45) is 0 Å². The zero-order valence-electron chi connectivity index (χ0n) is 14.5. The third kappa shape index (κ3) is 2.93. The molecule has 0 fully saturated rings. The van der Waals surface area contributed by atoms with Gasteiger partial charge >= 0.3 is 11.6 Å². The van der Waals surface area contributed by atoms with E-state index in [0.717, 1.165) is 0 Å². The number of carbonyl (C=O) groups is 1. The first-order valence-electron chi connectivity index (χ1n) is 8.02. The molecule has 0 unspecified atom stereocenters. The van der Waals surface area contributed by atoms with Gasteiger partial charge in [-0.15, -0.1) is 0 Å². The lowest BCUT2D eigenvalue weighted by molar-refractivity contribution is -0.166. The molecule has 3 rings (SSSR count). The first-order chi connectivity index (χ1) is 11.7. The van der Waals surface area contributed by atoms with Gasteiger partial charge in [0.15, 0.2) is 6.10 Å². The topological polar surface area (TPSA) is 86.0 Å². The standard InChI is InChI=1S/C19H20O6/c1-5-10(2)18(22)24-16-14-12(25-19(3,4)17(16)21)8-6-11-7-9-13(20)23-15(11)14/h5-9,16-17,21H,1-4H3/t16-,17+/m1/s1. The molecule has 1 aromatic heterocycles. The van der Waals surface area contributed by atoms with Crippen molar-refractivity contribution in [2.45, 2.75) is 45.5 Å². The van der Waals surface area contributed by atoms with Gasteiger partial charge in [-0.25, -0.2) is 9.59 Å². The van der Waals surface area contributed by atoms with Crippen molar-refractivity contribution >= 4 is 16.9 Å². The molecule has 6 nitrogen and oxygen atoms in total. The fourth-order valence-corrected chi connectivity index (χ4v) is 2.81. The molecular formula is C19H20O6. The molecule has 2 atom stereocenters. The Morgan fingerprint density at radius 3 is 2.64 bits per heavy atom. The number of benzene rings is 1. The van der Waals surface area contributed by atoms with Crippen LogP contribution in [0.15, 0.2) is 45.1 Å². The molecule has 0 saturated heterocycles. The van der Waals surface area contributed by atoms with Crippen molar-refractivity contribution < 1.29 is 23.8 Å². The van der Waals surface area contributed by atoms with Gasteiger partial charge < -0.3 is 19.0 Å². The molecule has 1 aliphatic heterocycles. The second-order valence-corrected chi connectivity index (χ2v) is 6.60. The summed E-state index contributed by atoms with van der Waals surface area (Å²) in [5.41, 5.74) is -0.491. The molecule has 2 aromatic rings. The van der Waals surface area contributed by atoms with Crippen LogP contribution in [0.1, 0.15) is 39.4 Å². The van der Waals surface area contributed by atoms with Gasteiger partial charge in [0.1, 0.15) is 23.0 Å². The number of allylic oxidation sites excluding steroid dienone is 1. The Bertz CT molecular complexity index is 921. The van der Waals surface area contributed by atoms with E-state index in [4.69, 9.17) is 13.9 Å². The Labute approximate surface area is 144 Å². The average Bonchev–Trinajstić information content (AvgIpc) is 2.57. The molecule has 0 bridgehead atoms. The van der Waals surface area contributed by atoms with Crippen LogP contribution in [0, 0.1) is 0 Å². The molecule has 1 aliphatic rings. The zero-order chi connectivity index (χ0) is 18.4. The van der Waals surface area contributed by atoms with Gasteiger partial charge in [-0.05, 0) is 45.9 Å². The average molecular weight is 344 g/mol. The summed E-state index contributed by atoms with van der Waals surface area (Å²) in [7, 11) is 0. The van der Waals surface area contributed by atoms with E-state index in [1.807, 2.05) is 0 Å². The van der Waals surface area contributed by atoms with Crippen LogP contribution in [0.25, 0.3) is 11.0 Å². The fourth-order valence-electron chi connectivity index (χ4n) is 2.81. The lowest BCUT2D eigenvalue weighted by Gasteiger charge is -2.41. The van der Waals surface area contributed by atoms with E-state index in [9.17, 15) is 14.7 Å². The van der Waals surface area contributed by atoms with E-state index in [1.165, 1.54) is 6.07 Å². The summed E-state index contributed by atoms with van der Waals surface area (Å²) in [5.74, 6) is -0.140. The number of rotatable bonds is 2. The van der Waals surface area contributed by atoms with Gasteiger partial charge in [-0.2, -0.15) is 0 Å². The zero-order valence-corrected chi connectivity index (χ0v) is 14.5. The Balaban J connectivity index is 2.22. The number of aliphatic hydroxyl groups excluding tert-OH is 1. The summed E-state index contributed by atoms with van der Waals surface area (Å²) in [6.45, 7) is 6.76. The number of carbonyl (C=O) groups excluding carboxylic acids is 1. The van der Waals surface area contributed by atoms with Gasteiger partial charge in [0.05, 0.1) is 5.56 Å². The summed E-state index contributed by atoms with van der Waals surface area (Å²) in [6, 6.07) is 6.39. The van der Waals surface area contributed by atoms with E-state index >= 15 is 0 Å². The summed E-state index contributed by atoms with van der Waals surface area (Å²) < 4.78 is 16.7. The van der Waals surface area contributed by atoms with Gasteiger partial charge in [0.2, 0.25) is 0 Å². The number of esters is 1. The molecule has 1 aromatic carbocycles. The minimum Gasteiger partial charge on any atom is -0.484 e. The van der Waals surface area contributed by atoms with Crippen LogP contribution in [-0.4, -0.2) is 22.8 Å². The van der Waals surface area contributed by atoms with Crippen LogP contribution < -0.4 is 10.4 Å². The smallest absolute Gasteiger partial charge is 0.336 e. The highest BCUT2D eigenvalue weighted by Gasteiger charge is 2.46. The summed E-state index contributed by atoms with van der Waals surface area (Å²) in [5, 5.41) is 11.4. The lowest BCUT2D eigenvalue weighted by Crippen LogP contribution is -2.50. The minimum atomic E-state index is -1.13. The molecule has 6 heteroatoms. The van der Waals surface area contributed by atoms with Crippen LogP contribution in [0.3, 0.4) is 0 Å². The third-order valence-corrected chi connectivity index (χ3v) is 4.43. The maximum Gasteiger partial charge on any atom is 0.336 e. The molecule has 0 aliphatic carbocycles. The lowest BCUT2D eigenvalue weighted by atomic mass is 9.87. The fraction of sp³-hybridized carbons (Fsp3) is 0.368. The predicted octanol–water partition coefficient (Wildman–Crippen LogP) is 2.88. The largest absolute Gasteiger partial charge is 0.484 e. The number of aliphatic hydroxyl groups is 1. The molecular weight excluding hydrogens is 324 g/mol. The van der Waals surface area contributed by atoms with Crippen molar-refractivity contribution in [3.63, 3.8) is 0 Å². The monoisotopic (exact) mass is 344 g/mol. The molecule has 1 N–H and O–H groups in total. The summed E-state index contributed by atoms with van der Waals surface area (Å²) in [6.07, 6.45) is -0.524. The van der Waals surface area contributed by atoms with Gasteiger partial charge in [-0.3, -0.25) is 0 Å². The van der Waals surface area contributed by atoms with E-state index in [-0.39, 0.29) is 5.58 Å². The quantitative estimate of drug-likeness (QED) is 0.512. The number of hydrogen-bond acceptors (Lipinski definition) is 6. The second-order valence-electron chi connectivity index (χ2n) is 6.60. The Morgan fingerprint density at radius 1 is 1.28 bits per heavy atom. The Morgan fingerprint density at radius 2 is 1.96 bits per heavy atom. The first kappa shape index (κ1) is 17.2. The number of hydrogen-bond donors (Lipinski definition) is 1. The molecule has 2 heterocycles.